The molecule has 2 aromatic carbocycles. The van der Waals surface area contributed by atoms with Crippen LogP contribution in [0.2, 0.25) is 0 Å². The Bertz CT molecular complexity index is 855. The quantitative estimate of drug-likeness (QED) is 0.749. The number of rotatable bonds is 5. The number of nitrogens with one attached hydrogen (secondary N) is 1. The lowest BCUT2D eigenvalue weighted by molar-refractivity contribution is 0.0947. The van der Waals surface area contributed by atoms with Crippen molar-refractivity contribution in [2.24, 2.45) is 0 Å². The summed E-state index contributed by atoms with van der Waals surface area (Å²) < 4.78 is 28.3. The number of carbonyl (C=O) groups is 1. The van der Waals surface area contributed by atoms with Gasteiger partial charge in [-0.1, -0.05) is 12.1 Å². The van der Waals surface area contributed by atoms with Gasteiger partial charge in [0.25, 0.3) is 5.91 Å². The van der Waals surface area contributed by atoms with Gasteiger partial charge >= 0.3 is 0 Å². The van der Waals surface area contributed by atoms with Crippen molar-refractivity contribution in [1.29, 1.82) is 0 Å². The fourth-order valence-electron chi connectivity index (χ4n) is 2.43. The molecule has 0 saturated carbocycles. The lowest BCUT2D eigenvalue weighted by Crippen LogP contribution is -2.26. The van der Waals surface area contributed by atoms with E-state index in [-0.39, 0.29) is 6.54 Å². The SMILES string of the molecule is O=C(NCCc1ccc(-n2cccn2)cc1)c1c(O)cc(F)cc1F. The van der Waals surface area contributed by atoms with E-state index in [2.05, 4.69) is 10.4 Å². The van der Waals surface area contributed by atoms with Crippen LogP contribution in [0.15, 0.2) is 54.9 Å². The molecule has 1 aromatic heterocycles. The number of hydrogen-bond donors (Lipinski definition) is 2. The summed E-state index contributed by atoms with van der Waals surface area (Å²) in [6.07, 6.45) is 4.04. The number of carbonyl (C=O) groups excluding carboxylic acids is 1. The van der Waals surface area contributed by atoms with Crippen molar-refractivity contribution >= 4 is 5.91 Å². The molecule has 0 aliphatic rings. The lowest BCUT2D eigenvalue weighted by Gasteiger charge is -2.09. The molecule has 7 heteroatoms. The molecular formula is C18H15F2N3O2. The Kier molecular flexibility index (Phi) is 4.74. The molecule has 25 heavy (non-hydrogen) atoms. The summed E-state index contributed by atoms with van der Waals surface area (Å²) in [5.74, 6) is -3.55. The smallest absolute Gasteiger partial charge is 0.258 e. The highest BCUT2D eigenvalue weighted by Gasteiger charge is 2.18. The summed E-state index contributed by atoms with van der Waals surface area (Å²) in [5.41, 5.74) is 1.33. The summed E-state index contributed by atoms with van der Waals surface area (Å²) in [7, 11) is 0. The average Bonchev–Trinajstić information content (AvgIpc) is 3.09. The Labute approximate surface area is 142 Å². The van der Waals surface area contributed by atoms with E-state index in [4.69, 9.17) is 0 Å². The second kappa shape index (κ2) is 7.12. The molecule has 3 rings (SSSR count). The third kappa shape index (κ3) is 3.82. The number of benzene rings is 2. The number of hydrogen-bond acceptors (Lipinski definition) is 3. The van der Waals surface area contributed by atoms with Crippen molar-refractivity contribution in [3.8, 4) is 11.4 Å². The molecule has 0 saturated heterocycles. The molecule has 0 radical (unpaired) electrons. The van der Waals surface area contributed by atoms with Crippen molar-refractivity contribution in [3.05, 3.63) is 77.6 Å². The first-order valence-electron chi connectivity index (χ1n) is 7.60. The minimum Gasteiger partial charge on any atom is -0.507 e. The fraction of sp³-hybridized carbons (Fsp3) is 0.111. The van der Waals surface area contributed by atoms with Crippen LogP contribution in [0.25, 0.3) is 5.69 Å². The summed E-state index contributed by atoms with van der Waals surface area (Å²) in [4.78, 5) is 12.0. The van der Waals surface area contributed by atoms with E-state index >= 15 is 0 Å². The van der Waals surface area contributed by atoms with Crippen molar-refractivity contribution in [2.75, 3.05) is 6.54 Å². The van der Waals surface area contributed by atoms with E-state index in [0.29, 0.717) is 18.6 Å². The Balaban J connectivity index is 1.59. The van der Waals surface area contributed by atoms with Crippen molar-refractivity contribution in [2.45, 2.75) is 6.42 Å². The normalized spacial score (nSPS) is 10.6. The van der Waals surface area contributed by atoms with E-state index in [1.165, 1.54) is 0 Å². The standard InChI is InChI=1S/C18H15F2N3O2/c19-13-10-15(20)17(16(24)11-13)18(25)21-8-6-12-2-4-14(5-3-12)23-9-1-7-22-23/h1-5,7,9-11,24H,6,8H2,(H,21,25). The lowest BCUT2D eigenvalue weighted by atomic mass is 10.1. The highest BCUT2D eigenvalue weighted by atomic mass is 19.1. The first-order chi connectivity index (χ1) is 12.0. The molecule has 0 unspecified atom stereocenters. The topological polar surface area (TPSA) is 67.2 Å². The Morgan fingerprint density at radius 3 is 2.60 bits per heavy atom. The summed E-state index contributed by atoms with van der Waals surface area (Å²) in [6.45, 7) is 0.246. The Morgan fingerprint density at radius 2 is 1.96 bits per heavy atom. The molecule has 1 heterocycles. The first kappa shape index (κ1) is 16.6. The molecular weight excluding hydrogens is 328 g/mol. The highest BCUT2D eigenvalue weighted by Crippen LogP contribution is 2.21. The number of phenols is 1. The van der Waals surface area contributed by atoms with Crippen molar-refractivity contribution in [1.82, 2.24) is 15.1 Å². The summed E-state index contributed by atoms with van der Waals surface area (Å²) >= 11 is 0. The van der Waals surface area contributed by atoms with Crippen LogP contribution in [0.4, 0.5) is 8.78 Å². The van der Waals surface area contributed by atoms with Crippen molar-refractivity contribution < 1.29 is 18.7 Å². The predicted molar refractivity (Wildman–Crippen MR) is 87.6 cm³/mol. The van der Waals surface area contributed by atoms with E-state index in [1.54, 1.807) is 10.9 Å². The van der Waals surface area contributed by atoms with Gasteiger partial charge in [-0.05, 0) is 30.2 Å². The minimum absolute atomic E-state index is 0.246. The molecule has 0 atom stereocenters. The number of amides is 1. The second-order valence-corrected chi connectivity index (χ2v) is 5.40. The Hall–Kier alpha value is -3.22. The van der Waals surface area contributed by atoms with E-state index in [9.17, 15) is 18.7 Å². The predicted octanol–water partition coefficient (Wildman–Crippen LogP) is 2.83. The maximum atomic E-state index is 13.6. The molecule has 1 amide bonds. The zero-order valence-corrected chi connectivity index (χ0v) is 13.1. The van der Waals surface area contributed by atoms with Gasteiger partial charge < -0.3 is 10.4 Å². The van der Waals surface area contributed by atoms with E-state index in [1.807, 2.05) is 36.5 Å². The number of phenolic OH excluding ortho intramolecular Hbond substituents is 1. The number of aromatic nitrogens is 2. The maximum Gasteiger partial charge on any atom is 0.258 e. The maximum absolute atomic E-state index is 13.6. The highest BCUT2D eigenvalue weighted by molar-refractivity contribution is 5.97. The van der Waals surface area contributed by atoms with Gasteiger partial charge in [-0.2, -0.15) is 5.10 Å². The number of halogens is 2. The summed E-state index contributed by atoms with van der Waals surface area (Å²) in [5, 5.41) is 16.2. The van der Waals surface area contributed by atoms with Crippen LogP contribution >= 0.6 is 0 Å². The first-order valence-corrected chi connectivity index (χ1v) is 7.60. The average molecular weight is 343 g/mol. The van der Waals surface area contributed by atoms with E-state index in [0.717, 1.165) is 11.3 Å². The zero-order chi connectivity index (χ0) is 17.8. The van der Waals surface area contributed by atoms with E-state index < -0.39 is 28.9 Å². The van der Waals surface area contributed by atoms with Crippen LogP contribution in [-0.2, 0) is 6.42 Å². The number of aromatic hydroxyl groups is 1. The molecule has 5 nitrogen and oxygen atoms in total. The van der Waals surface area contributed by atoms with Crippen LogP contribution in [0.1, 0.15) is 15.9 Å². The zero-order valence-electron chi connectivity index (χ0n) is 13.1. The third-order valence-electron chi connectivity index (χ3n) is 3.67. The number of nitrogens with zero attached hydrogens (tertiary/aromatic N) is 2. The molecule has 0 bridgehead atoms. The monoisotopic (exact) mass is 343 g/mol. The minimum atomic E-state index is -1.10. The largest absolute Gasteiger partial charge is 0.507 e. The molecule has 0 aliphatic heterocycles. The fourth-order valence-corrected chi connectivity index (χ4v) is 2.43. The van der Waals surface area contributed by atoms with Crippen molar-refractivity contribution in [3.63, 3.8) is 0 Å². The second-order valence-electron chi connectivity index (χ2n) is 5.40. The van der Waals surface area contributed by atoms with Crippen LogP contribution in [0.3, 0.4) is 0 Å². The van der Waals surface area contributed by atoms with Gasteiger partial charge in [-0.25, -0.2) is 13.5 Å². The molecule has 0 fully saturated rings. The molecule has 0 spiro atoms. The third-order valence-corrected chi connectivity index (χ3v) is 3.67. The van der Waals surface area contributed by atoms with Gasteiger partial charge in [0.2, 0.25) is 0 Å². The van der Waals surface area contributed by atoms with Gasteiger partial charge in [0, 0.05) is 31.1 Å². The van der Waals surface area contributed by atoms with Crippen LogP contribution < -0.4 is 5.32 Å². The molecule has 0 aliphatic carbocycles. The molecule has 128 valence electrons. The van der Waals surface area contributed by atoms with Crippen LogP contribution in [0, 0.1) is 11.6 Å². The van der Waals surface area contributed by atoms with Crippen LogP contribution in [0.5, 0.6) is 5.75 Å². The molecule has 2 N–H and O–H groups in total. The molecule has 3 aromatic rings. The van der Waals surface area contributed by atoms with Gasteiger partial charge in [-0.3, -0.25) is 4.79 Å². The van der Waals surface area contributed by atoms with Gasteiger partial charge in [0.15, 0.2) is 0 Å². The van der Waals surface area contributed by atoms with Gasteiger partial charge in [0.05, 0.1) is 5.69 Å². The van der Waals surface area contributed by atoms with Gasteiger partial charge in [0.1, 0.15) is 22.9 Å². The Morgan fingerprint density at radius 1 is 1.20 bits per heavy atom. The van der Waals surface area contributed by atoms with Crippen LogP contribution in [-0.4, -0.2) is 27.3 Å². The summed E-state index contributed by atoms with van der Waals surface area (Å²) in [6, 6.07) is 10.7. The van der Waals surface area contributed by atoms with Gasteiger partial charge in [-0.15, -0.1) is 0 Å².